The molecule has 1 aliphatic heterocycles. The molecule has 1 N–H and O–H groups in total. The number of piperidine rings is 1. The van der Waals surface area contributed by atoms with Gasteiger partial charge in [-0.15, -0.1) is 0 Å². The van der Waals surface area contributed by atoms with E-state index in [1.165, 1.54) is 4.90 Å². The molecule has 6 heteroatoms. The van der Waals surface area contributed by atoms with Crippen LogP contribution in [0.1, 0.15) is 58.8 Å². The maximum Gasteiger partial charge on any atom is 0.326 e. The van der Waals surface area contributed by atoms with Crippen molar-refractivity contribution in [3.8, 4) is 0 Å². The summed E-state index contributed by atoms with van der Waals surface area (Å²) in [6.07, 6.45) is 4.24. The standard InChI is InChI=1S/C16H28N2O4/c1-3-10-17(11-4-2)14(19)8-9-15(20)18-12-6-5-7-13(18)16(21)22/h13H,3-12H2,1-2H3,(H,21,22)/t13-/m1/s1. The Kier molecular flexibility index (Phi) is 7.91. The summed E-state index contributed by atoms with van der Waals surface area (Å²) in [6, 6.07) is -0.723. The number of carbonyl (C=O) groups excluding carboxylic acids is 2. The van der Waals surface area contributed by atoms with Gasteiger partial charge in [0.1, 0.15) is 6.04 Å². The number of likely N-dealkylation sites (tertiary alicyclic amines) is 1. The van der Waals surface area contributed by atoms with Gasteiger partial charge in [-0.1, -0.05) is 13.8 Å². The highest BCUT2D eigenvalue weighted by Gasteiger charge is 2.31. The van der Waals surface area contributed by atoms with Crippen LogP contribution < -0.4 is 0 Å². The Balaban J connectivity index is 2.52. The first kappa shape index (κ1) is 18.5. The van der Waals surface area contributed by atoms with Gasteiger partial charge in [-0.25, -0.2) is 4.79 Å². The van der Waals surface area contributed by atoms with Crippen molar-refractivity contribution < 1.29 is 19.5 Å². The fourth-order valence-corrected chi connectivity index (χ4v) is 2.90. The minimum atomic E-state index is -0.946. The third-order valence-corrected chi connectivity index (χ3v) is 4.00. The number of carboxylic acids is 1. The van der Waals surface area contributed by atoms with Crippen molar-refractivity contribution >= 4 is 17.8 Å². The molecule has 0 aromatic rings. The minimum absolute atomic E-state index is 0.0130. The SMILES string of the molecule is CCCN(CCC)C(=O)CCC(=O)N1CCCC[C@@H]1C(=O)O. The van der Waals surface area contributed by atoms with Crippen LogP contribution in [0.25, 0.3) is 0 Å². The zero-order valence-electron chi connectivity index (χ0n) is 13.7. The molecule has 0 bridgehead atoms. The van der Waals surface area contributed by atoms with Gasteiger partial charge < -0.3 is 14.9 Å². The molecule has 1 heterocycles. The monoisotopic (exact) mass is 312 g/mol. The lowest BCUT2D eigenvalue weighted by Gasteiger charge is -2.33. The Hall–Kier alpha value is -1.59. The van der Waals surface area contributed by atoms with Crippen molar-refractivity contribution in [2.75, 3.05) is 19.6 Å². The molecule has 126 valence electrons. The number of aliphatic carboxylic acids is 1. The van der Waals surface area contributed by atoms with E-state index >= 15 is 0 Å². The van der Waals surface area contributed by atoms with Gasteiger partial charge in [-0.05, 0) is 32.1 Å². The predicted octanol–water partition coefficient (Wildman–Crippen LogP) is 1.88. The van der Waals surface area contributed by atoms with Crippen molar-refractivity contribution in [3.63, 3.8) is 0 Å². The van der Waals surface area contributed by atoms with E-state index < -0.39 is 12.0 Å². The molecule has 0 saturated carbocycles. The first-order valence-corrected chi connectivity index (χ1v) is 8.31. The summed E-state index contributed by atoms with van der Waals surface area (Å²) in [5.41, 5.74) is 0. The van der Waals surface area contributed by atoms with Crippen LogP contribution in [0.3, 0.4) is 0 Å². The zero-order valence-corrected chi connectivity index (χ0v) is 13.7. The van der Waals surface area contributed by atoms with Gasteiger partial charge in [-0.2, -0.15) is 0 Å². The first-order chi connectivity index (χ1) is 10.5. The van der Waals surface area contributed by atoms with Gasteiger partial charge in [0.15, 0.2) is 0 Å². The van der Waals surface area contributed by atoms with Gasteiger partial charge in [0.2, 0.25) is 11.8 Å². The van der Waals surface area contributed by atoms with Crippen molar-refractivity contribution in [3.05, 3.63) is 0 Å². The van der Waals surface area contributed by atoms with Crippen LogP contribution in [0.2, 0.25) is 0 Å². The smallest absolute Gasteiger partial charge is 0.326 e. The first-order valence-electron chi connectivity index (χ1n) is 8.31. The summed E-state index contributed by atoms with van der Waals surface area (Å²) in [5.74, 6) is -1.17. The van der Waals surface area contributed by atoms with E-state index in [0.717, 1.165) is 25.7 Å². The highest BCUT2D eigenvalue weighted by molar-refractivity contribution is 5.87. The molecule has 1 fully saturated rings. The van der Waals surface area contributed by atoms with Gasteiger partial charge in [0, 0.05) is 32.5 Å². The lowest BCUT2D eigenvalue weighted by atomic mass is 10.0. The van der Waals surface area contributed by atoms with Crippen molar-refractivity contribution in [1.82, 2.24) is 9.80 Å². The average molecular weight is 312 g/mol. The van der Waals surface area contributed by atoms with Crippen molar-refractivity contribution in [2.45, 2.75) is 64.8 Å². The quantitative estimate of drug-likeness (QED) is 0.742. The number of amides is 2. The van der Waals surface area contributed by atoms with E-state index in [2.05, 4.69) is 0 Å². The average Bonchev–Trinajstić information content (AvgIpc) is 2.52. The zero-order chi connectivity index (χ0) is 16.5. The molecule has 1 atom stereocenters. The van der Waals surface area contributed by atoms with Crippen LogP contribution in [0.5, 0.6) is 0 Å². The number of nitrogens with zero attached hydrogens (tertiary/aromatic N) is 2. The molecule has 0 aromatic heterocycles. The predicted molar refractivity (Wildman–Crippen MR) is 83.4 cm³/mol. The van der Waals surface area contributed by atoms with Gasteiger partial charge >= 0.3 is 5.97 Å². The molecule has 0 unspecified atom stereocenters. The van der Waals surface area contributed by atoms with Crippen LogP contribution in [-0.2, 0) is 14.4 Å². The maximum atomic E-state index is 12.2. The van der Waals surface area contributed by atoms with Gasteiger partial charge in [0.05, 0.1) is 0 Å². The Bertz CT molecular complexity index is 392. The van der Waals surface area contributed by atoms with Crippen LogP contribution in [0, 0.1) is 0 Å². The lowest BCUT2D eigenvalue weighted by Crippen LogP contribution is -2.48. The summed E-state index contributed by atoms with van der Waals surface area (Å²) >= 11 is 0. The third-order valence-electron chi connectivity index (χ3n) is 4.00. The normalized spacial score (nSPS) is 18.1. The van der Waals surface area contributed by atoms with Crippen LogP contribution in [0.15, 0.2) is 0 Å². The summed E-state index contributed by atoms with van der Waals surface area (Å²) in [7, 11) is 0. The molecule has 6 nitrogen and oxygen atoms in total. The second-order valence-electron chi connectivity index (χ2n) is 5.82. The van der Waals surface area contributed by atoms with E-state index in [4.69, 9.17) is 0 Å². The molecule has 0 radical (unpaired) electrons. The van der Waals surface area contributed by atoms with Gasteiger partial charge in [-0.3, -0.25) is 9.59 Å². The number of rotatable bonds is 8. The highest BCUT2D eigenvalue weighted by atomic mass is 16.4. The summed E-state index contributed by atoms with van der Waals surface area (Å²) in [4.78, 5) is 38.9. The third kappa shape index (κ3) is 5.31. The molecule has 1 rings (SSSR count). The van der Waals surface area contributed by atoms with Crippen LogP contribution >= 0.6 is 0 Å². The Morgan fingerprint density at radius 1 is 1.09 bits per heavy atom. The molecule has 0 aliphatic carbocycles. The molecule has 1 aliphatic rings. The molecular formula is C16H28N2O4. The molecule has 2 amide bonds. The Morgan fingerprint density at radius 2 is 1.73 bits per heavy atom. The van der Waals surface area contributed by atoms with Crippen LogP contribution in [-0.4, -0.2) is 58.4 Å². The number of carboxylic acid groups (broad SMARTS) is 1. The van der Waals surface area contributed by atoms with E-state index in [-0.39, 0.29) is 24.7 Å². The maximum absolute atomic E-state index is 12.2. The fraction of sp³-hybridized carbons (Fsp3) is 0.812. The molecule has 0 aromatic carbocycles. The summed E-state index contributed by atoms with van der Waals surface area (Å²) < 4.78 is 0. The van der Waals surface area contributed by atoms with E-state index in [1.54, 1.807) is 4.90 Å². The second kappa shape index (κ2) is 9.43. The summed E-state index contributed by atoms with van der Waals surface area (Å²) in [5, 5.41) is 9.19. The fourth-order valence-electron chi connectivity index (χ4n) is 2.90. The second-order valence-corrected chi connectivity index (χ2v) is 5.82. The van der Waals surface area contributed by atoms with Gasteiger partial charge in [0.25, 0.3) is 0 Å². The Morgan fingerprint density at radius 3 is 2.27 bits per heavy atom. The molecule has 0 spiro atoms. The van der Waals surface area contributed by atoms with Crippen molar-refractivity contribution in [1.29, 1.82) is 0 Å². The highest BCUT2D eigenvalue weighted by Crippen LogP contribution is 2.18. The topological polar surface area (TPSA) is 77.9 Å². The van der Waals surface area contributed by atoms with Crippen LogP contribution in [0.4, 0.5) is 0 Å². The summed E-state index contributed by atoms with van der Waals surface area (Å²) in [6.45, 7) is 5.95. The minimum Gasteiger partial charge on any atom is -0.480 e. The van der Waals surface area contributed by atoms with Crippen molar-refractivity contribution in [2.24, 2.45) is 0 Å². The number of carbonyl (C=O) groups is 3. The Labute approximate surface area is 132 Å². The molecular weight excluding hydrogens is 284 g/mol. The number of hydrogen-bond acceptors (Lipinski definition) is 3. The molecule has 22 heavy (non-hydrogen) atoms. The number of hydrogen-bond donors (Lipinski definition) is 1. The lowest BCUT2D eigenvalue weighted by molar-refractivity contribution is -0.152. The van der Waals surface area contributed by atoms with E-state index in [0.29, 0.717) is 26.1 Å². The van der Waals surface area contributed by atoms with E-state index in [9.17, 15) is 19.5 Å². The van der Waals surface area contributed by atoms with E-state index in [1.807, 2.05) is 13.8 Å². The largest absolute Gasteiger partial charge is 0.480 e. The molecule has 1 saturated heterocycles.